The summed E-state index contributed by atoms with van der Waals surface area (Å²) in [6.07, 6.45) is 3.25. The number of nitrogens with zero attached hydrogens (tertiary/aromatic N) is 4. The number of aromatic nitrogens is 2. The van der Waals surface area contributed by atoms with E-state index in [9.17, 15) is 13.2 Å². The zero-order chi connectivity index (χ0) is 22.2. The summed E-state index contributed by atoms with van der Waals surface area (Å²) < 4.78 is 32.5. The summed E-state index contributed by atoms with van der Waals surface area (Å²) in [6, 6.07) is 3.87. The van der Waals surface area contributed by atoms with Crippen LogP contribution in [0, 0.1) is 6.92 Å². The van der Waals surface area contributed by atoms with Crippen LogP contribution in [-0.4, -0.2) is 55.5 Å². The standard InChI is InChI=1S/C18H17Cl2N5O4S2/c1-11-9-22-17(29-11)12-8-13(19)16(21-10-12)24-4-6-25(7-5-24)18(26)23-31(27,28)15-3-2-14(20)30-15/h2-3,8-10H,4-7H2,1H3,(H,23,26). The molecule has 164 valence electrons. The van der Waals surface area contributed by atoms with Gasteiger partial charge in [-0.05, 0) is 25.1 Å². The van der Waals surface area contributed by atoms with Crippen LogP contribution in [0.5, 0.6) is 0 Å². The Morgan fingerprint density at radius 3 is 2.48 bits per heavy atom. The third kappa shape index (κ3) is 4.79. The molecule has 0 spiro atoms. The van der Waals surface area contributed by atoms with Crippen LogP contribution in [0.4, 0.5) is 10.6 Å². The number of thiophene rings is 1. The van der Waals surface area contributed by atoms with Gasteiger partial charge in [-0.25, -0.2) is 27.9 Å². The van der Waals surface area contributed by atoms with Crippen molar-refractivity contribution < 1.29 is 17.6 Å². The summed E-state index contributed by atoms with van der Waals surface area (Å²) in [7, 11) is -3.96. The van der Waals surface area contributed by atoms with Gasteiger partial charge in [-0.2, -0.15) is 0 Å². The van der Waals surface area contributed by atoms with E-state index in [0.717, 1.165) is 11.3 Å². The minimum atomic E-state index is -3.96. The number of halogens is 2. The number of anilines is 1. The number of nitrogens with one attached hydrogen (secondary N) is 1. The number of piperazine rings is 1. The number of hydrogen-bond acceptors (Lipinski definition) is 8. The highest BCUT2D eigenvalue weighted by Crippen LogP contribution is 2.29. The molecule has 4 heterocycles. The van der Waals surface area contributed by atoms with Gasteiger partial charge in [0.1, 0.15) is 15.8 Å². The van der Waals surface area contributed by atoms with Crippen molar-refractivity contribution in [3.05, 3.63) is 45.7 Å². The quantitative estimate of drug-likeness (QED) is 0.580. The van der Waals surface area contributed by atoms with Crippen LogP contribution >= 0.6 is 34.5 Å². The van der Waals surface area contributed by atoms with Gasteiger partial charge in [-0.1, -0.05) is 23.2 Å². The fourth-order valence-electron chi connectivity index (χ4n) is 3.06. The molecule has 0 unspecified atom stereocenters. The lowest BCUT2D eigenvalue weighted by atomic mass is 10.2. The molecule has 0 saturated carbocycles. The molecule has 0 atom stereocenters. The number of sulfonamides is 1. The van der Waals surface area contributed by atoms with E-state index in [2.05, 4.69) is 14.7 Å². The number of hydrogen-bond donors (Lipinski definition) is 1. The molecule has 0 aromatic carbocycles. The Hall–Kier alpha value is -2.34. The highest BCUT2D eigenvalue weighted by atomic mass is 35.5. The molecular weight excluding hydrogens is 485 g/mol. The third-order valence-electron chi connectivity index (χ3n) is 4.59. The van der Waals surface area contributed by atoms with Crippen LogP contribution in [0.25, 0.3) is 11.5 Å². The number of oxazole rings is 1. The fourth-order valence-corrected chi connectivity index (χ4v) is 5.80. The highest BCUT2D eigenvalue weighted by Gasteiger charge is 2.27. The van der Waals surface area contributed by atoms with Gasteiger partial charge < -0.3 is 14.2 Å². The SMILES string of the molecule is Cc1cnc(-c2cnc(N3CCN(C(=O)NS(=O)(=O)c4ccc(Cl)s4)CC3)c(Cl)c2)o1. The molecule has 2 amide bonds. The van der Waals surface area contributed by atoms with Gasteiger partial charge in [0.15, 0.2) is 0 Å². The summed E-state index contributed by atoms with van der Waals surface area (Å²) in [5.41, 5.74) is 0.666. The number of pyridine rings is 1. The second kappa shape index (κ2) is 8.65. The van der Waals surface area contributed by atoms with Gasteiger partial charge in [0.2, 0.25) is 5.89 Å². The minimum Gasteiger partial charge on any atom is -0.441 e. The predicted octanol–water partition coefficient (Wildman–Crippen LogP) is 3.63. The van der Waals surface area contributed by atoms with E-state index >= 15 is 0 Å². The summed E-state index contributed by atoms with van der Waals surface area (Å²) in [5.74, 6) is 1.71. The Bertz CT molecular complexity index is 1220. The number of amides is 2. The maximum atomic E-state index is 12.4. The van der Waals surface area contributed by atoms with Crippen LogP contribution in [0.15, 0.2) is 39.2 Å². The lowest BCUT2D eigenvalue weighted by Crippen LogP contribution is -2.52. The van der Waals surface area contributed by atoms with E-state index < -0.39 is 16.1 Å². The van der Waals surface area contributed by atoms with E-state index in [-0.39, 0.29) is 4.21 Å². The molecule has 1 N–H and O–H groups in total. The molecule has 31 heavy (non-hydrogen) atoms. The number of carbonyl (C=O) groups is 1. The highest BCUT2D eigenvalue weighted by molar-refractivity contribution is 7.92. The van der Waals surface area contributed by atoms with Crippen molar-refractivity contribution in [2.24, 2.45) is 0 Å². The van der Waals surface area contributed by atoms with Crippen LogP contribution in [0.3, 0.4) is 0 Å². The monoisotopic (exact) mass is 501 g/mol. The molecule has 0 bridgehead atoms. The van der Waals surface area contributed by atoms with Gasteiger partial charge >= 0.3 is 6.03 Å². The topological polar surface area (TPSA) is 109 Å². The Morgan fingerprint density at radius 1 is 1.16 bits per heavy atom. The molecule has 3 aromatic rings. The van der Waals surface area contributed by atoms with Crippen molar-refractivity contribution in [3.63, 3.8) is 0 Å². The summed E-state index contributed by atoms with van der Waals surface area (Å²) >= 11 is 13.1. The lowest BCUT2D eigenvalue weighted by molar-refractivity contribution is 0.200. The average molecular weight is 502 g/mol. The summed E-state index contributed by atoms with van der Waals surface area (Å²) in [4.78, 5) is 24.4. The molecule has 9 nitrogen and oxygen atoms in total. The van der Waals surface area contributed by atoms with Crippen molar-refractivity contribution in [1.82, 2.24) is 19.6 Å². The van der Waals surface area contributed by atoms with Gasteiger partial charge in [-0.15, -0.1) is 11.3 Å². The smallest absolute Gasteiger partial charge is 0.331 e. The van der Waals surface area contributed by atoms with Gasteiger partial charge in [0.05, 0.1) is 21.1 Å². The van der Waals surface area contributed by atoms with Crippen LogP contribution < -0.4 is 9.62 Å². The van der Waals surface area contributed by atoms with Crippen LogP contribution in [0.2, 0.25) is 9.36 Å². The molecule has 1 aliphatic heterocycles. The molecule has 1 fully saturated rings. The second-order valence-corrected chi connectivity index (χ2v) is 10.8. The second-order valence-electron chi connectivity index (χ2n) is 6.75. The average Bonchev–Trinajstić information content (AvgIpc) is 3.36. The first kappa shape index (κ1) is 21.9. The summed E-state index contributed by atoms with van der Waals surface area (Å²) in [5, 5.41) is 0.434. The first-order chi connectivity index (χ1) is 14.7. The molecule has 13 heteroatoms. The van der Waals surface area contributed by atoms with Crippen molar-refractivity contribution in [3.8, 4) is 11.5 Å². The minimum absolute atomic E-state index is 0.0122. The normalized spacial score (nSPS) is 14.7. The molecular formula is C18H17Cl2N5O4S2. The summed E-state index contributed by atoms with van der Waals surface area (Å²) in [6.45, 7) is 3.32. The fraction of sp³-hybridized carbons (Fsp3) is 0.278. The molecule has 0 aliphatic carbocycles. The number of urea groups is 1. The number of aryl methyl sites for hydroxylation is 1. The van der Waals surface area contributed by atoms with E-state index in [1.54, 1.807) is 25.4 Å². The van der Waals surface area contributed by atoms with E-state index in [0.29, 0.717) is 58.6 Å². The lowest BCUT2D eigenvalue weighted by Gasteiger charge is -2.35. The van der Waals surface area contributed by atoms with Crippen molar-refractivity contribution in [2.75, 3.05) is 31.1 Å². The molecule has 0 radical (unpaired) electrons. The first-order valence-electron chi connectivity index (χ1n) is 9.13. The van der Waals surface area contributed by atoms with Crippen LogP contribution in [-0.2, 0) is 10.0 Å². The largest absolute Gasteiger partial charge is 0.441 e. The Kier molecular flexibility index (Phi) is 6.11. The van der Waals surface area contributed by atoms with Crippen LogP contribution in [0.1, 0.15) is 5.76 Å². The zero-order valence-corrected chi connectivity index (χ0v) is 19.4. The maximum Gasteiger partial charge on any atom is 0.331 e. The van der Waals surface area contributed by atoms with Crippen molar-refractivity contribution >= 4 is 56.4 Å². The zero-order valence-electron chi connectivity index (χ0n) is 16.2. The number of rotatable bonds is 4. The van der Waals surface area contributed by atoms with Gasteiger partial charge in [0.25, 0.3) is 10.0 Å². The molecule has 4 rings (SSSR count). The van der Waals surface area contributed by atoms with Gasteiger partial charge in [-0.3, -0.25) is 0 Å². The van der Waals surface area contributed by atoms with Crippen molar-refractivity contribution in [2.45, 2.75) is 11.1 Å². The number of carbonyl (C=O) groups excluding carboxylic acids is 1. The van der Waals surface area contributed by atoms with E-state index in [4.69, 9.17) is 27.6 Å². The van der Waals surface area contributed by atoms with E-state index in [1.165, 1.54) is 17.0 Å². The van der Waals surface area contributed by atoms with Gasteiger partial charge in [0, 0.05) is 32.4 Å². The van der Waals surface area contributed by atoms with Crippen molar-refractivity contribution in [1.29, 1.82) is 0 Å². The molecule has 1 saturated heterocycles. The predicted molar refractivity (Wildman–Crippen MR) is 118 cm³/mol. The van der Waals surface area contributed by atoms with E-state index in [1.807, 2.05) is 4.90 Å². The maximum absolute atomic E-state index is 12.4. The Morgan fingerprint density at radius 2 is 1.90 bits per heavy atom. The first-order valence-corrected chi connectivity index (χ1v) is 12.2. The molecule has 1 aliphatic rings. The Balaban J connectivity index is 1.39. The third-order valence-corrected chi connectivity index (χ3v) is 7.91. The molecule has 3 aromatic heterocycles. The Labute approximate surface area is 192 Å².